The third-order valence-electron chi connectivity index (χ3n) is 2.51. The minimum absolute atomic E-state index is 0.0577. The highest BCUT2D eigenvalue weighted by Gasteiger charge is 2.14. The molecule has 2 rings (SSSR count). The van der Waals surface area contributed by atoms with Crippen LogP contribution in [0.2, 0.25) is 0 Å². The SMILES string of the molecule is Cc1nc(CNCc2oncc2C(=O)O)oc1C. The fourth-order valence-corrected chi connectivity index (χ4v) is 1.46. The van der Waals surface area contributed by atoms with E-state index in [0.717, 1.165) is 11.5 Å². The molecule has 7 nitrogen and oxygen atoms in total. The van der Waals surface area contributed by atoms with Crippen molar-refractivity contribution in [3.05, 3.63) is 34.9 Å². The lowest BCUT2D eigenvalue weighted by molar-refractivity contribution is 0.0694. The first-order chi connectivity index (χ1) is 8.58. The van der Waals surface area contributed by atoms with Crippen LogP contribution in [0, 0.1) is 13.8 Å². The number of aromatic carboxylic acids is 1. The van der Waals surface area contributed by atoms with Gasteiger partial charge in [-0.15, -0.1) is 0 Å². The number of nitrogens with one attached hydrogen (secondary N) is 1. The van der Waals surface area contributed by atoms with Gasteiger partial charge in [0.25, 0.3) is 0 Å². The second-order valence-electron chi connectivity index (χ2n) is 3.82. The Morgan fingerprint density at radius 1 is 1.44 bits per heavy atom. The van der Waals surface area contributed by atoms with E-state index in [1.165, 1.54) is 6.20 Å². The second kappa shape index (κ2) is 5.01. The van der Waals surface area contributed by atoms with Crippen molar-refractivity contribution < 1.29 is 18.8 Å². The molecule has 18 heavy (non-hydrogen) atoms. The van der Waals surface area contributed by atoms with Crippen LogP contribution >= 0.6 is 0 Å². The molecule has 0 fully saturated rings. The van der Waals surface area contributed by atoms with Crippen molar-refractivity contribution in [2.24, 2.45) is 0 Å². The summed E-state index contributed by atoms with van der Waals surface area (Å²) in [6.07, 6.45) is 1.18. The van der Waals surface area contributed by atoms with Crippen LogP contribution in [0.15, 0.2) is 15.1 Å². The van der Waals surface area contributed by atoms with Gasteiger partial charge in [0.2, 0.25) is 5.89 Å². The quantitative estimate of drug-likeness (QED) is 0.824. The first-order valence-corrected chi connectivity index (χ1v) is 5.38. The number of aryl methyl sites for hydroxylation is 2. The molecule has 0 radical (unpaired) electrons. The lowest BCUT2D eigenvalue weighted by Crippen LogP contribution is -2.14. The van der Waals surface area contributed by atoms with Gasteiger partial charge in [0.15, 0.2) is 5.76 Å². The Bertz CT molecular complexity index is 539. The van der Waals surface area contributed by atoms with Crippen molar-refractivity contribution in [3.63, 3.8) is 0 Å². The molecule has 0 bridgehead atoms. The first-order valence-electron chi connectivity index (χ1n) is 5.38. The van der Waals surface area contributed by atoms with Crippen LogP contribution in [0.1, 0.15) is 33.5 Å². The van der Waals surface area contributed by atoms with Gasteiger partial charge < -0.3 is 19.4 Å². The standard InChI is InChI=1S/C11H13N3O4/c1-6-7(2)17-10(14-6)5-12-4-9-8(11(15)16)3-13-18-9/h3,12H,4-5H2,1-2H3,(H,15,16). The number of hydrogen-bond donors (Lipinski definition) is 2. The molecule has 0 amide bonds. The topological polar surface area (TPSA) is 101 Å². The average Bonchev–Trinajstić information content (AvgIpc) is 2.87. The van der Waals surface area contributed by atoms with Crippen LogP contribution < -0.4 is 5.32 Å². The first kappa shape index (κ1) is 12.3. The molecule has 2 aromatic rings. The number of carboxylic acids is 1. The van der Waals surface area contributed by atoms with E-state index in [4.69, 9.17) is 14.0 Å². The van der Waals surface area contributed by atoms with Gasteiger partial charge in [-0.3, -0.25) is 0 Å². The minimum Gasteiger partial charge on any atom is -0.478 e. The summed E-state index contributed by atoms with van der Waals surface area (Å²) < 4.78 is 10.2. The lowest BCUT2D eigenvalue weighted by Gasteiger charge is -1.99. The predicted molar refractivity (Wildman–Crippen MR) is 60.0 cm³/mol. The number of nitrogens with zero attached hydrogens (tertiary/aromatic N) is 2. The zero-order valence-electron chi connectivity index (χ0n) is 10.1. The molecule has 2 heterocycles. The van der Waals surface area contributed by atoms with Crippen LogP contribution in [-0.2, 0) is 13.1 Å². The number of hydrogen-bond acceptors (Lipinski definition) is 6. The third kappa shape index (κ3) is 2.57. The molecule has 0 spiro atoms. The summed E-state index contributed by atoms with van der Waals surface area (Å²) in [5, 5.41) is 15.3. The van der Waals surface area contributed by atoms with Gasteiger partial charge in [-0.05, 0) is 13.8 Å². The Kier molecular flexibility index (Phi) is 3.42. The summed E-state index contributed by atoms with van der Waals surface area (Å²) in [6.45, 7) is 4.35. The Morgan fingerprint density at radius 3 is 2.83 bits per heavy atom. The largest absolute Gasteiger partial charge is 0.478 e. The van der Waals surface area contributed by atoms with Crippen LogP contribution in [0.4, 0.5) is 0 Å². The molecule has 2 aromatic heterocycles. The number of rotatable bonds is 5. The Hall–Kier alpha value is -2.15. The van der Waals surface area contributed by atoms with E-state index in [9.17, 15) is 4.79 Å². The number of carbonyl (C=O) groups is 1. The van der Waals surface area contributed by atoms with Crippen molar-refractivity contribution in [2.45, 2.75) is 26.9 Å². The van der Waals surface area contributed by atoms with Gasteiger partial charge in [-0.25, -0.2) is 9.78 Å². The zero-order chi connectivity index (χ0) is 13.1. The molecule has 0 saturated carbocycles. The zero-order valence-corrected chi connectivity index (χ0v) is 10.1. The molecule has 0 saturated heterocycles. The molecule has 0 unspecified atom stereocenters. The number of oxazole rings is 1. The van der Waals surface area contributed by atoms with Crippen LogP contribution in [0.5, 0.6) is 0 Å². The molecule has 2 N–H and O–H groups in total. The summed E-state index contributed by atoms with van der Waals surface area (Å²) in [5.41, 5.74) is 0.903. The van der Waals surface area contributed by atoms with Gasteiger partial charge >= 0.3 is 5.97 Å². The normalized spacial score (nSPS) is 10.8. The van der Waals surface area contributed by atoms with E-state index in [-0.39, 0.29) is 17.9 Å². The minimum atomic E-state index is -1.06. The van der Waals surface area contributed by atoms with E-state index in [2.05, 4.69) is 15.5 Å². The molecule has 7 heteroatoms. The summed E-state index contributed by atoms with van der Waals surface area (Å²) in [7, 11) is 0. The fourth-order valence-electron chi connectivity index (χ4n) is 1.46. The third-order valence-corrected chi connectivity index (χ3v) is 2.51. The van der Waals surface area contributed by atoms with Gasteiger partial charge in [0.05, 0.1) is 25.0 Å². The Morgan fingerprint density at radius 2 is 2.22 bits per heavy atom. The monoisotopic (exact) mass is 251 g/mol. The summed E-state index contributed by atoms with van der Waals surface area (Å²) >= 11 is 0. The average molecular weight is 251 g/mol. The van der Waals surface area contributed by atoms with Crippen LogP contribution in [0.3, 0.4) is 0 Å². The molecular formula is C11H13N3O4. The molecule has 0 aliphatic heterocycles. The maximum Gasteiger partial charge on any atom is 0.341 e. The Balaban J connectivity index is 1.92. The molecule has 0 aromatic carbocycles. The predicted octanol–water partition coefficient (Wildman–Crippen LogP) is 1.27. The highest BCUT2D eigenvalue weighted by atomic mass is 16.5. The fraction of sp³-hybridized carbons (Fsp3) is 0.364. The van der Waals surface area contributed by atoms with Crippen molar-refractivity contribution in [2.75, 3.05) is 0 Å². The van der Waals surface area contributed by atoms with E-state index < -0.39 is 5.97 Å². The van der Waals surface area contributed by atoms with Crippen molar-refractivity contribution in [1.82, 2.24) is 15.5 Å². The van der Waals surface area contributed by atoms with Gasteiger partial charge in [0.1, 0.15) is 11.3 Å². The Labute approximate surface area is 103 Å². The summed E-state index contributed by atoms with van der Waals surface area (Å²) in [6, 6.07) is 0. The van der Waals surface area contributed by atoms with E-state index in [0.29, 0.717) is 12.4 Å². The highest BCUT2D eigenvalue weighted by Crippen LogP contribution is 2.10. The maximum atomic E-state index is 10.8. The number of carboxylic acid groups (broad SMARTS) is 1. The summed E-state index contributed by atoms with van der Waals surface area (Å²) in [5.74, 6) is 0.553. The van der Waals surface area contributed by atoms with Gasteiger partial charge in [-0.2, -0.15) is 0 Å². The van der Waals surface area contributed by atoms with Crippen LogP contribution in [-0.4, -0.2) is 21.2 Å². The molecule has 0 aliphatic carbocycles. The second-order valence-corrected chi connectivity index (χ2v) is 3.82. The number of aromatic nitrogens is 2. The van der Waals surface area contributed by atoms with Crippen molar-refractivity contribution >= 4 is 5.97 Å². The molecule has 0 atom stereocenters. The molecular weight excluding hydrogens is 238 g/mol. The smallest absolute Gasteiger partial charge is 0.341 e. The van der Waals surface area contributed by atoms with Gasteiger partial charge in [-0.1, -0.05) is 5.16 Å². The van der Waals surface area contributed by atoms with Crippen molar-refractivity contribution in [1.29, 1.82) is 0 Å². The van der Waals surface area contributed by atoms with Crippen molar-refractivity contribution in [3.8, 4) is 0 Å². The van der Waals surface area contributed by atoms with E-state index >= 15 is 0 Å². The lowest BCUT2D eigenvalue weighted by atomic mass is 10.2. The highest BCUT2D eigenvalue weighted by molar-refractivity contribution is 5.88. The van der Waals surface area contributed by atoms with E-state index in [1.807, 2.05) is 13.8 Å². The summed E-state index contributed by atoms with van der Waals surface area (Å²) in [4.78, 5) is 15.0. The van der Waals surface area contributed by atoms with Gasteiger partial charge in [0, 0.05) is 0 Å². The molecule has 0 aliphatic rings. The van der Waals surface area contributed by atoms with Crippen LogP contribution in [0.25, 0.3) is 0 Å². The maximum absolute atomic E-state index is 10.8. The molecule has 96 valence electrons. The van der Waals surface area contributed by atoms with E-state index in [1.54, 1.807) is 0 Å².